The van der Waals surface area contributed by atoms with E-state index < -0.39 is 16.0 Å². The van der Waals surface area contributed by atoms with E-state index in [-0.39, 0.29) is 22.7 Å². The Balaban J connectivity index is 2.47. The van der Waals surface area contributed by atoms with Crippen LogP contribution in [-0.4, -0.2) is 52.1 Å². The van der Waals surface area contributed by atoms with E-state index >= 15 is 0 Å². The molecule has 0 amide bonds. The van der Waals surface area contributed by atoms with Gasteiger partial charge in [-0.15, -0.1) is 0 Å². The Morgan fingerprint density at radius 3 is 2.81 bits per heavy atom. The molecular formula is C13H18N2O5S. The Bertz CT molecular complexity index is 621. The monoisotopic (exact) mass is 314 g/mol. The molecule has 0 atom stereocenters. The number of sulfonamides is 1. The second kappa shape index (κ2) is 6.42. The van der Waals surface area contributed by atoms with Crippen LogP contribution in [0.1, 0.15) is 16.8 Å². The number of rotatable bonds is 3. The van der Waals surface area contributed by atoms with Gasteiger partial charge in [-0.25, -0.2) is 13.2 Å². The van der Waals surface area contributed by atoms with Crippen LogP contribution in [0.15, 0.2) is 23.1 Å². The van der Waals surface area contributed by atoms with Crippen molar-refractivity contribution >= 4 is 21.7 Å². The van der Waals surface area contributed by atoms with E-state index in [2.05, 4.69) is 4.74 Å². The average Bonchev–Trinajstić information content (AvgIpc) is 2.76. The topological polar surface area (TPSA) is 98.9 Å². The van der Waals surface area contributed by atoms with Crippen LogP contribution in [0.3, 0.4) is 0 Å². The fourth-order valence-electron chi connectivity index (χ4n) is 2.13. The van der Waals surface area contributed by atoms with E-state index in [0.29, 0.717) is 26.2 Å². The van der Waals surface area contributed by atoms with E-state index in [4.69, 9.17) is 10.5 Å². The molecule has 2 N–H and O–H groups in total. The minimum absolute atomic E-state index is 0.0168. The first kappa shape index (κ1) is 15.7. The van der Waals surface area contributed by atoms with Crippen molar-refractivity contribution in [2.75, 3.05) is 39.1 Å². The maximum atomic E-state index is 12.7. The normalized spacial score (nSPS) is 17.2. The summed E-state index contributed by atoms with van der Waals surface area (Å²) >= 11 is 0. The Kier molecular flexibility index (Phi) is 4.81. The summed E-state index contributed by atoms with van der Waals surface area (Å²) in [5.74, 6) is -0.709. The fourth-order valence-corrected chi connectivity index (χ4v) is 3.81. The lowest BCUT2D eigenvalue weighted by Gasteiger charge is -2.20. The highest BCUT2D eigenvalue weighted by Crippen LogP contribution is 2.24. The number of carbonyl (C=O) groups is 1. The molecule has 7 nitrogen and oxygen atoms in total. The van der Waals surface area contributed by atoms with Crippen LogP contribution in [0, 0.1) is 0 Å². The molecule has 1 fully saturated rings. The molecule has 0 bridgehead atoms. The molecule has 2 rings (SSSR count). The molecule has 0 radical (unpaired) electrons. The number of hydrogen-bond donors (Lipinski definition) is 1. The molecule has 0 aromatic heterocycles. The van der Waals surface area contributed by atoms with Gasteiger partial charge in [0, 0.05) is 25.4 Å². The van der Waals surface area contributed by atoms with Crippen molar-refractivity contribution in [1.29, 1.82) is 0 Å². The molecule has 1 aromatic carbocycles. The van der Waals surface area contributed by atoms with Gasteiger partial charge >= 0.3 is 5.97 Å². The third-order valence-corrected chi connectivity index (χ3v) is 5.15. The second-order valence-corrected chi connectivity index (χ2v) is 6.52. The number of nitrogens with two attached hydrogens (primary N) is 1. The number of nitrogens with zero attached hydrogens (tertiary/aromatic N) is 1. The van der Waals surface area contributed by atoms with E-state index in [0.717, 1.165) is 0 Å². The minimum atomic E-state index is -3.82. The zero-order valence-electron chi connectivity index (χ0n) is 11.7. The van der Waals surface area contributed by atoms with E-state index in [1.807, 2.05) is 0 Å². The average molecular weight is 314 g/mol. The summed E-state index contributed by atoms with van der Waals surface area (Å²) in [7, 11) is -2.62. The van der Waals surface area contributed by atoms with Crippen LogP contribution in [0.5, 0.6) is 0 Å². The molecule has 8 heteroatoms. The minimum Gasteiger partial charge on any atom is -0.465 e. The summed E-state index contributed by atoms with van der Waals surface area (Å²) in [5, 5.41) is 0. The summed E-state index contributed by atoms with van der Waals surface area (Å²) in [6, 6.07) is 4.12. The third kappa shape index (κ3) is 3.34. The first-order valence-electron chi connectivity index (χ1n) is 6.52. The number of methoxy groups -OCH3 is 1. The molecule has 21 heavy (non-hydrogen) atoms. The largest absolute Gasteiger partial charge is 0.465 e. The van der Waals surface area contributed by atoms with Crippen LogP contribution in [-0.2, 0) is 19.5 Å². The molecule has 1 aliphatic heterocycles. The summed E-state index contributed by atoms with van der Waals surface area (Å²) < 4.78 is 36.7. The lowest BCUT2D eigenvalue weighted by Crippen LogP contribution is -2.34. The number of esters is 1. The zero-order chi connectivity index (χ0) is 15.5. The van der Waals surface area contributed by atoms with Crippen LogP contribution < -0.4 is 5.73 Å². The van der Waals surface area contributed by atoms with Gasteiger partial charge in [-0.3, -0.25) is 0 Å². The lowest BCUT2D eigenvalue weighted by atomic mass is 10.2. The Hall–Kier alpha value is -1.64. The number of carbonyl (C=O) groups excluding carboxylic acids is 1. The summed E-state index contributed by atoms with van der Waals surface area (Å²) in [5.41, 5.74) is 5.92. The summed E-state index contributed by atoms with van der Waals surface area (Å²) in [6.07, 6.45) is 0.606. The van der Waals surface area contributed by atoms with Crippen molar-refractivity contribution in [2.45, 2.75) is 11.3 Å². The van der Waals surface area contributed by atoms with Crippen LogP contribution in [0.2, 0.25) is 0 Å². The molecule has 1 saturated heterocycles. The molecule has 0 saturated carbocycles. The lowest BCUT2D eigenvalue weighted by molar-refractivity contribution is 0.0596. The molecule has 0 spiro atoms. The van der Waals surface area contributed by atoms with Crippen molar-refractivity contribution < 1.29 is 22.7 Å². The Morgan fingerprint density at radius 2 is 2.10 bits per heavy atom. The van der Waals surface area contributed by atoms with Gasteiger partial charge in [0.2, 0.25) is 10.0 Å². The highest BCUT2D eigenvalue weighted by atomic mass is 32.2. The standard InChI is InChI=1S/C13H18N2O5S/c1-19-13(16)11-4-3-10(14)9-12(11)21(17,18)15-5-2-7-20-8-6-15/h3-4,9H,2,5-8,14H2,1H3. The molecule has 1 aromatic rings. The van der Waals surface area contributed by atoms with Gasteiger partial charge < -0.3 is 15.2 Å². The van der Waals surface area contributed by atoms with Crippen molar-refractivity contribution in [3.63, 3.8) is 0 Å². The molecular weight excluding hydrogens is 296 g/mol. The maximum absolute atomic E-state index is 12.7. The SMILES string of the molecule is COC(=O)c1ccc(N)cc1S(=O)(=O)N1CCCOCC1. The maximum Gasteiger partial charge on any atom is 0.339 e. The first-order valence-corrected chi connectivity index (χ1v) is 7.96. The van der Waals surface area contributed by atoms with Crippen LogP contribution in [0.4, 0.5) is 5.69 Å². The summed E-state index contributed by atoms with van der Waals surface area (Å²) in [4.78, 5) is 11.6. The van der Waals surface area contributed by atoms with Crippen LogP contribution >= 0.6 is 0 Å². The number of hydrogen-bond acceptors (Lipinski definition) is 6. The molecule has 1 aliphatic rings. The highest BCUT2D eigenvalue weighted by Gasteiger charge is 2.30. The molecule has 116 valence electrons. The van der Waals surface area contributed by atoms with Gasteiger partial charge in [0.15, 0.2) is 0 Å². The summed E-state index contributed by atoms with van der Waals surface area (Å²) in [6.45, 7) is 1.44. The number of nitrogen functional groups attached to an aromatic ring is 1. The quantitative estimate of drug-likeness (QED) is 0.643. The van der Waals surface area contributed by atoms with Crippen molar-refractivity contribution in [2.24, 2.45) is 0 Å². The van der Waals surface area contributed by atoms with E-state index in [1.165, 1.54) is 29.6 Å². The van der Waals surface area contributed by atoms with Gasteiger partial charge in [-0.2, -0.15) is 4.31 Å². The van der Waals surface area contributed by atoms with Gasteiger partial charge in [0.1, 0.15) is 0 Å². The molecule has 0 unspecified atom stereocenters. The van der Waals surface area contributed by atoms with Gasteiger partial charge in [0.05, 0.1) is 24.2 Å². The van der Waals surface area contributed by atoms with Crippen molar-refractivity contribution in [3.05, 3.63) is 23.8 Å². The van der Waals surface area contributed by atoms with E-state index in [1.54, 1.807) is 0 Å². The zero-order valence-corrected chi connectivity index (χ0v) is 12.6. The van der Waals surface area contributed by atoms with E-state index in [9.17, 15) is 13.2 Å². The van der Waals surface area contributed by atoms with Gasteiger partial charge in [-0.05, 0) is 24.6 Å². The first-order chi connectivity index (χ1) is 9.96. The fraction of sp³-hybridized carbons (Fsp3) is 0.462. The number of benzene rings is 1. The van der Waals surface area contributed by atoms with Crippen molar-refractivity contribution in [3.8, 4) is 0 Å². The van der Waals surface area contributed by atoms with Crippen molar-refractivity contribution in [1.82, 2.24) is 4.31 Å². The van der Waals surface area contributed by atoms with Gasteiger partial charge in [-0.1, -0.05) is 0 Å². The predicted octanol–water partition coefficient (Wildman–Crippen LogP) is 0.466. The Labute approximate surface area is 123 Å². The smallest absolute Gasteiger partial charge is 0.339 e. The van der Waals surface area contributed by atoms with Gasteiger partial charge in [0.25, 0.3) is 0 Å². The van der Waals surface area contributed by atoms with Crippen LogP contribution in [0.25, 0.3) is 0 Å². The predicted molar refractivity (Wildman–Crippen MR) is 76.4 cm³/mol. The molecule has 0 aliphatic carbocycles. The highest BCUT2D eigenvalue weighted by molar-refractivity contribution is 7.89. The second-order valence-electron chi connectivity index (χ2n) is 4.62. The third-order valence-electron chi connectivity index (χ3n) is 3.21. The number of anilines is 1. The number of ether oxygens (including phenoxy) is 2. The Morgan fingerprint density at radius 1 is 1.33 bits per heavy atom. The molecule has 1 heterocycles.